The minimum atomic E-state index is 0.668. The standard InChI is InChI=1S/C13H13NO2/c15-7-10-6-14-11-2-1-3-12(13(10)11)16-8-9-4-5-9/h1-3,6-7,9,14H,4-5,8H2. The molecule has 0 radical (unpaired) electrons. The van der Waals surface area contributed by atoms with Crippen molar-refractivity contribution >= 4 is 17.2 Å². The lowest BCUT2D eigenvalue weighted by Gasteiger charge is -2.06. The minimum Gasteiger partial charge on any atom is -0.493 e. The molecular formula is C13H13NO2. The summed E-state index contributed by atoms with van der Waals surface area (Å²) in [6.07, 6.45) is 5.12. The van der Waals surface area contributed by atoms with Crippen LogP contribution in [0, 0.1) is 5.92 Å². The lowest BCUT2D eigenvalue weighted by molar-refractivity contribution is 0.112. The van der Waals surface area contributed by atoms with E-state index < -0.39 is 0 Å². The molecule has 16 heavy (non-hydrogen) atoms. The molecule has 2 aromatic rings. The highest BCUT2D eigenvalue weighted by Gasteiger charge is 2.22. The Labute approximate surface area is 93.4 Å². The Morgan fingerprint density at radius 3 is 3.06 bits per heavy atom. The molecule has 3 nitrogen and oxygen atoms in total. The van der Waals surface area contributed by atoms with Crippen LogP contribution < -0.4 is 4.74 Å². The number of aromatic amines is 1. The maximum absolute atomic E-state index is 10.9. The molecule has 0 atom stereocenters. The lowest BCUT2D eigenvalue weighted by atomic mass is 10.1. The van der Waals surface area contributed by atoms with Crippen LogP contribution in [0.1, 0.15) is 23.2 Å². The van der Waals surface area contributed by atoms with Gasteiger partial charge in [0.25, 0.3) is 0 Å². The van der Waals surface area contributed by atoms with Crippen molar-refractivity contribution in [2.24, 2.45) is 5.92 Å². The van der Waals surface area contributed by atoms with Crippen molar-refractivity contribution in [3.8, 4) is 5.75 Å². The average molecular weight is 215 g/mol. The van der Waals surface area contributed by atoms with Crippen molar-refractivity contribution in [3.05, 3.63) is 30.0 Å². The first-order chi connectivity index (χ1) is 7.88. The second kappa shape index (κ2) is 3.67. The highest BCUT2D eigenvalue weighted by Crippen LogP contribution is 2.32. The third-order valence-corrected chi connectivity index (χ3v) is 3.00. The van der Waals surface area contributed by atoms with Crippen molar-refractivity contribution in [1.82, 2.24) is 4.98 Å². The van der Waals surface area contributed by atoms with Gasteiger partial charge in [0.2, 0.25) is 0 Å². The number of nitrogens with one attached hydrogen (secondary N) is 1. The van der Waals surface area contributed by atoms with E-state index in [0.29, 0.717) is 11.5 Å². The third-order valence-electron chi connectivity index (χ3n) is 3.00. The zero-order valence-electron chi connectivity index (χ0n) is 8.90. The molecule has 0 aliphatic heterocycles. The van der Waals surface area contributed by atoms with Crippen LogP contribution in [0.15, 0.2) is 24.4 Å². The zero-order valence-corrected chi connectivity index (χ0v) is 8.90. The molecule has 0 spiro atoms. The number of carbonyl (C=O) groups is 1. The van der Waals surface area contributed by atoms with Crippen molar-refractivity contribution in [2.45, 2.75) is 12.8 Å². The van der Waals surface area contributed by atoms with Crippen LogP contribution in [0.25, 0.3) is 10.9 Å². The fourth-order valence-electron chi connectivity index (χ4n) is 1.88. The van der Waals surface area contributed by atoms with Crippen molar-refractivity contribution in [2.75, 3.05) is 6.61 Å². The van der Waals surface area contributed by atoms with Gasteiger partial charge in [-0.3, -0.25) is 4.79 Å². The second-order valence-corrected chi connectivity index (χ2v) is 4.29. The van der Waals surface area contributed by atoms with Gasteiger partial charge in [0, 0.05) is 17.3 Å². The van der Waals surface area contributed by atoms with Gasteiger partial charge in [-0.2, -0.15) is 0 Å². The lowest BCUT2D eigenvalue weighted by Crippen LogP contribution is -1.99. The predicted octanol–water partition coefficient (Wildman–Crippen LogP) is 2.77. The summed E-state index contributed by atoms with van der Waals surface area (Å²) in [5, 5.41) is 0.901. The normalized spacial score (nSPS) is 15.2. The Hall–Kier alpha value is -1.77. The van der Waals surface area contributed by atoms with E-state index in [0.717, 1.165) is 29.5 Å². The maximum Gasteiger partial charge on any atom is 0.152 e. The van der Waals surface area contributed by atoms with E-state index in [1.165, 1.54) is 12.8 Å². The number of rotatable bonds is 4. The monoisotopic (exact) mass is 215 g/mol. The highest BCUT2D eigenvalue weighted by atomic mass is 16.5. The summed E-state index contributed by atoms with van der Waals surface area (Å²) in [6.45, 7) is 0.766. The van der Waals surface area contributed by atoms with E-state index in [-0.39, 0.29) is 0 Å². The molecule has 3 rings (SSSR count). The van der Waals surface area contributed by atoms with Gasteiger partial charge in [-0.15, -0.1) is 0 Å². The first-order valence-corrected chi connectivity index (χ1v) is 5.56. The van der Waals surface area contributed by atoms with Gasteiger partial charge >= 0.3 is 0 Å². The summed E-state index contributed by atoms with van der Waals surface area (Å²) in [7, 11) is 0. The maximum atomic E-state index is 10.9. The van der Waals surface area contributed by atoms with Crippen LogP contribution in [0.4, 0.5) is 0 Å². The molecule has 1 aromatic carbocycles. The fraction of sp³-hybridized carbons (Fsp3) is 0.308. The summed E-state index contributed by atoms with van der Waals surface area (Å²) >= 11 is 0. The van der Waals surface area contributed by atoms with E-state index in [9.17, 15) is 4.79 Å². The van der Waals surface area contributed by atoms with Crippen molar-refractivity contribution < 1.29 is 9.53 Å². The molecule has 0 bridgehead atoms. The molecule has 1 heterocycles. The molecule has 1 fully saturated rings. The van der Waals surface area contributed by atoms with E-state index in [2.05, 4.69) is 4.98 Å². The molecule has 1 aliphatic carbocycles. The number of aromatic nitrogens is 1. The SMILES string of the molecule is O=Cc1c[nH]c2cccc(OCC3CC3)c12. The Morgan fingerprint density at radius 2 is 2.31 bits per heavy atom. The molecular weight excluding hydrogens is 202 g/mol. The number of aldehydes is 1. The average Bonchev–Trinajstić information content (AvgIpc) is 3.04. The van der Waals surface area contributed by atoms with Crippen molar-refractivity contribution in [3.63, 3.8) is 0 Å². The number of carbonyl (C=O) groups excluding carboxylic acids is 1. The largest absolute Gasteiger partial charge is 0.493 e. The number of hydrogen-bond acceptors (Lipinski definition) is 2. The third kappa shape index (κ3) is 1.58. The molecule has 1 aliphatic rings. The van der Waals surface area contributed by atoms with Gasteiger partial charge in [-0.05, 0) is 30.9 Å². The molecule has 82 valence electrons. The van der Waals surface area contributed by atoms with Gasteiger partial charge in [0.05, 0.1) is 12.0 Å². The first-order valence-electron chi connectivity index (χ1n) is 5.56. The number of fused-ring (bicyclic) bond motifs is 1. The second-order valence-electron chi connectivity index (χ2n) is 4.29. The smallest absolute Gasteiger partial charge is 0.152 e. The molecule has 1 N–H and O–H groups in total. The molecule has 1 saturated carbocycles. The van der Waals surface area contributed by atoms with E-state index in [4.69, 9.17) is 4.74 Å². The molecule has 0 amide bonds. The van der Waals surface area contributed by atoms with Crippen LogP contribution in [-0.2, 0) is 0 Å². The van der Waals surface area contributed by atoms with Crippen LogP contribution in [0.2, 0.25) is 0 Å². The fourth-order valence-corrected chi connectivity index (χ4v) is 1.88. The summed E-state index contributed by atoms with van der Waals surface area (Å²) in [6, 6.07) is 5.81. The molecule has 0 saturated heterocycles. The van der Waals surface area contributed by atoms with Gasteiger partial charge in [-0.25, -0.2) is 0 Å². The Morgan fingerprint density at radius 1 is 1.44 bits per heavy atom. The van der Waals surface area contributed by atoms with Gasteiger partial charge < -0.3 is 9.72 Å². The Balaban J connectivity index is 1.99. The van der Waals surface area contributed by atoms with Crippen molar-refractivity contribution in [1.29, 1.82) is 0 Å². The topological polar surface area (TPSA) is 42.1 Å². The van der Waals surface area contributed by atoms with Gasteiger partial charge in [0.1, 0.15) is 5.75 Å². The summed E-state index contributed by atoms with van der Waals surface area (Å²) < 4.78 is 5.77. The van der Waals surface area contributed by atoms with Gasteiger partial charge in [0.15, 0.2) is 6.29 Å². The molecule has 1 aromatic heterocycles. The van der Waals surface area contributed by atoms with Crippen LogP contribution in [0.5, 0.6) is 5.75 Å². The Bertz CT molecular complexity index is 526. The minimum absolute atomic E-state index is 0.668. The van der Waals surface area contributed by atoms with Gasteiger partial charge in [-0.1, -0.05) is 6.07 Å². The zero-order chi connectivity index (χ0) is 11.0. The quantitative estimate of drug-likeness (QED) is 0.797. The molecule has 0 unspecified atom stereocenters. The first kappa shape index (κ1) is 9.46. The predicted molar refractivity (Wildman–Crippen MR) is 61.9 cm³/mol. The molecule has 3 heteroatoms. The summed E-state index contributed by atoms with van der Waals surface area (Å²) in [5.74, 6) is 1.53. The summed E-state index contributed by atoms with van der Waals surface area (Å²) in [4.78, 5) is 14.0. The van der Waals surface area contributed by atoms with E-state index in [1.807, 2.05) is 18.2 Å². The Kier molecular flexibility index (Phi) is 2.17. The van der Waals surface area contributed by atoms with Crippen LogP contribution in [0.3, 0.4) is 0 Å². The van der Waals surface area contributed by atoms with Crippen LogP contribution >= 0.6 is 0 Å². The highest BCUT2D eigenvalue weighted by molar-refractivity contribution is 6.00. The van der Waals surface area contributed by atoms with Crippen LogP contribution in [-0.4, -0.2) is 17.9 Å². The number of hydrogen-bond donors (Lipinski definition) is 1. The number of ether oxygens (including phenoxy) is 1. The summed E-state index contributed by atoms with van der Waals surface area (Å²) in [5.41, 5.74) is 1.62. The van der Waals surface area contributed by atoms with E-state index in [1.54, 1.807) is 6.20 Å². The number of benzene rings is 1. The van der Waals surface area contributed by atoms with E-state index >= 15 is 0 Å². The number of H-pyrrole nitrogens is 1.